The normalized spacial score (nSPS) is 13.7. The molecule has 15 rings (SSSR count). The smallest absolute Gasteiger partial charge is 0.180 e. The number of rotatable bonds is 8. The van der Waals surface area contributed by atoms with Crippen molar-refractivity contribution in [1.29, 1.82) is 0 Å². The van der Waals surface area contributed by atoms with Gasteiger partial charge in [-0.2, -0.15) is 0 Å². The predicted octanol–water partition coefficient (Wildman–Crippen LogP) is 11.9. The van der Waals surface area contributed by atoms with E-state index in [2.05, 4.69) is 314 Å². The van der Waals surface area contributed by atoms with E-state index >= 15 is 0 Å². The van der Waals surface area contributed by atoms with Crippen LogP contribution in [-0.4, -0.2) is 20.7 Å². The average molecular weight is 998 g/mol. The van der Waals surface area contributed by atoms with E-state index in [1.54, 1.807) is 0 Å². The number of para-hydroxylation sites is 2. The van der Waals surface area contributed by atoms with E-state index in [-0.39, 0.29) is 0 Å². The Hall–Kier alpha value is -9.13. The molecule has 12 aromatic carbocycles. The molecule has 0 aliphatic carbocycles. The molecule has 1 nitrogen and oxygen atoms in total. The summed E-state index contributed by atoms with van der Waals surface area (Å²) in [6.07, 6.45) is 0. The molecular formula is C73H51NSi2. The van der Waals surface area contributed by atoms with Gasteiger partial charge in [-0.25, -0.2) is 0 Å². The summed E-state index contributed by atoms with van der Waals surface area (Å²) >= 11 is 0. The summed E-state index contributed by atoms with van der Waals surface area (Å²) in [6.45, 7) is 0. The zero-order valence-electron chi connectivity index (χ0n) is 41.9. The van der Waals surface area contributed by atoms with Crippen molar-refractivity contribution in [3.63, 3.8) is 0 Å². The van der Waals surface area contributed by atoms with Crippen molar-refractivity contribution < 1.29 is 0 Å². The van der Waals surface area contributed by atoms with Gasteiger partial charge in [0.15, 0.2) is 16.1 Å². The van der Waals surface area contributed by atoms with Crippen LogP contribution in [0.25, 0.3) is 49.7 Å². The van der Waals surface area contributed by atoms with Crippen molar-refractivity contribution in [1.82, 2.24) is 4.57 Å². The van der Waals surface area contributed by atoms with Crippen molar-refractivity contribution in [3.05, 3.63) is 332 Å². The van der Waals surface area contributed by atoms with Crippen molar-refractivity contribution >= 4 is 79.4 Å². The number of hydrogen-bond acceptors (Lipinski definition) is 0. The van der Waals surface area contributed by atoms with Gasteiger partial charge in [0.1, 0.15) is 0 Å². The number of fused-ring (bicyclic) bond motifs is 11. The van der Waals surface area contributed by atoms with Gasteiger partial charge in [-0.15, -0.1) is 0 Å². The zero-order valence-corrected chi connectivity index (χ0v) is 43.9. The molecule has 0 unspecified atom stereocenters. The van der Waals surface area contributed by atoms with Crippen LogP contribution in [0.3, 0.4) is 0 Å². The molecule has 356 valence electrons. The molecule has 0 amide bonds. The highest BCUT2D eigenvalue weighted by atomic mass is 28.3. The summed E-state index contributed by atoms with van der Waals surface area (Å²) in [5.74, 6) is 0. The molecule has 0 N–H and O–H groups in total. The van der Waals surface area contributed by atoms with Crippen LogP contribution >= 0.6 is 0 Å². The summed E-state index contributed by atoms with van der Waals surface area (Å²) in [6, 6.07) is 118. The second-order valence-electron chi connectivity index (χ2n) is 20.6. The lowest BCUT2D eigenvalue weighted by Gasteiger charge is -2.51. The first-order chi connectivity index (χ1) is 37.7. The molecule has 0 atom stereocenters. The fourth-order valence-electron chi connectivity index (χ4n) is 14.1. The lowest BCUT2D eigenvalue weighted by molar-refractivity contribution is 0.733. The maximum absolute atomic E-state index is 3.23. The third kappa shape index (κ3) is 6.18. The molecule has 1 spiro atoms. The fourth-order valence-corrected chi connectivity index (χ4v) is 24.2. The predicted molar refractivity (Wildman–Crippen MR) is 324 cm³/mol. The Balaban J connectivity index is 1.11. The highest BCUT2D eigenvalue weighted by Crippen LogP contribution is 2.55. The maximum atomic E-state index is 2.65. The fraction of sp³-hybridized carbons (Fsp3) is 0.0137. The van der Waals surface area contributed by atoms with Gasteiger partial charge in [0.05, 0.1) is 22.1 Å². The molecule has 13 aromatic rings. The van der Waals surface area contributed by atoms with E-state index in [4.69, 9.17) is 0 Å². The molecule has 76 heavy (non-hydrogen) atoms. The van der Waals surface area contributed by atoms with Crippen LogP contribution in [0.2, 0.25) is 0 Å². The van der Waals surface area contributed by atoms with E-state index in [0.717, 1.165) is 0 Å². The van der Waals surface area contributed by atoms with Crippen LogP contribution in [-0.2, 0) is 5.41 Å². The molecular weight excluding hydrogens is 947 g/mol. The van der Waals surface area contributed by atoms with Gasteiger partial charge in [0.25, 0.3) is 0 Å². The Kier molecular flexibility index (Phi) is 10.2. The Morgan fingerprint density at radius 2 is 0.711 bits per heavy atom. The zero-order chi connectivity index (χ0) is 50.3. The topological polar surface area (TPSA) is 4.93 Å². The van der Waals surface area contributed by atoms with Crippen molar-refractivity contribution in [2.45, 2.75) is 5.41 Å². The summed E-state index contributed by atoms with van der Waals surface area (Å²) in [5.41, 5.74) is 13.3. The highest BCUT2D eigenvalue weighted by Gasteiger charge is 2.57. The molecule has 3 heteroatoms. The van der Waals surface area contributed by atoms with Crippen LogP contribution in [0.1, 0.15) is 22.3 Å². The largest absolute Gasteiger partial charge is 0.309 e. The van der Waals surface area contributed by atoms with E-state index in [9.17, 15) is 0 Å². The molecule has 2 aliphatic rings. The van der Waals surface area contributed by atoms with Gasteiger partial charge in [-0.3, -0.25) is 0 Å². The third-order valence-electron chi connectivity index (χ3n) is 17.1. The molecule has 0 radical (unpaired) electrons. The van der Waals surface area contributed by atoms with Crippen LogP contribution in [0.4, 0.5) is 0 Å². The summed E-state index contributed by atoms with van der Waals surface area (Å²) in [4.78, 5) is 0. The quantitative estimate of drug-likeness (QED) is 0.106. The highest BCUT2D eigenvalue weighted by molar-refractivity contribution is 7.21. The Morgan fingerprint density at radius 3 is 1.29 bits per heavy atom. The van der Waals surface area contributed by atoms with Gasteiger partial charge in [0, 0.05) is 10.8 Å². The Morgan fingerprint density at radius 1 is 0.289 bits per heavy atom. The Bertz CT molecular complexity index is 4160. The van der Waals surface area contributed by atoms with E-state index in [0.29, 0.717) is 0 Å². The minimum atomic E-state index is -3.23. The maximum Gasteiger partial charge on any atom is 0.180 e. The standard InChI is InChI=1S/C73H51NSi2/c1-6-25-52(26-7-1)54-29-22-37-59(49-54)75(56-31-10-3-11-32-56,60-38-23-30-55(50-60)53-27-8-2-9-28-53)61-47-48-64-69(51-61)74-68-44-19-16-39-62(68)63-40-24-43-67(72(63)74)73(64)65-41-17-20-45-70(65)76(57-33-12-4-13-34-57,58-35-14-5-15-36-58)71-46-21-18-42-66(71)73/h1-51H. The number of aromatic nitrogens is 1. The van der Waals surface area contributed by atoms with Crippen LogP contribution in [0, 0.1) is 0 Å². The average Bonchev–Trinajstić information content (AvgIpc) is 3.98. The van der Waals surface area contributed by atoms with Crippen molar-refractivity contribution in [2.75, 3.05) is 0 Å². The number of nitrogens with zero attached hydrogens (tertiary/aromatic N) is 1. The molecule has 0 saturated heterocycles. The van der Waals surface area contributed by atoms with E-state index in [1.807, 2.05) is 0 Å². The monoisotopic (exact) mass is 997 g/mol. The SMILES string of the molecule is c1ccc(-c2cccc([Si](c3ccccc3)(c3cccc(-c4ccccc4)c3)c3ccc4c(c3)-n3c5ccccc5c5cccc(c53)C43c4ccccc4[Si](c4ccccc4)(c4ccccc4)c4ccccc43)c2)cc1. The lowest BCUT2D eigenvalue weighted by atomic mass is 9.62. The summed E-state index contributed by atoms with van der Waals surface area (Å²) in [5, 5.41) is 13.6. The lowest BCUT2D eigenvalue weighted by Crippen LogP contribution is -2.79. The van der Waals surface area contributed by atoms with Gasteiger partial charge in [-0.1, -0.05) is 297 Å². The Labute approximate surface area is 446 Å². The minimum Gasteiger partial charge on any atom is -0.309 e. The first-order valence-electron chi connectivity index (χ1n) is 26.6. The van der Waals surface area contributed by atoms with Crippen molar-refractivity contribution in [2.24, 2.45) is 0 Å². The van der Waals surface area contributed by atoms with E-state index < -0.39 is 21.6 Å². The van der Waals surface area contributed by atoms with Gasteiger partial charge < -0.3 is 4.57 Å². The molecule has 2 aliphatic heterocycles. The van der Waals surface area contributed by atoms with Crippen LogP contribution < -0.4 is 41.5 Å². The van der Waals surface area contributed by atoms with Gasteiger partial charge in [-0.05, 0) is 98.1 Å². The van der Waals surface area contributed by atoms with Crippen molar-refractivity contribution in [3.8, 4) is 27.9 Å². The number of benzene rings is 12. The van der Waals surface area contributed by atoms with Gasteiger partial charge >= 0.3 is 0 Å². The van der Waals surface area contributed by atoms with E-state index in [1.165, 1.54) is 113 Å². The van der Waals surface area contributed by atoms with Crippen LogP contribution in [0.5, 0.6) is 0 Å². The molecule has 0 saturated carbocycles. The van der Waals surface area contributed by atoms with Crippen LogP contribution in [0.15, 0.2) is 309 Å². The molecule has 3 heterocycles. The summed E-state index contributed by atoms with van der Waals surface area (Å²) < 4.78 is 2.65. The summed E-state index contributed by atoms with van der Waals surface area (Å²) in [7, 11) is -6.19. The second-order valence-corrected chi connectivity index (χ2v) is 28.2. The number of hydrogen-bond donors (Lipinski definition) is 0. The van der Waals surface area contributed by atoms with Gasteiger partial charge in [0.2, 0.25) is 0 Å². The second kappa shape index (κ2) is 17.5. The third-order valence-corrected chi connectivity index (χ3v) is 26.7. The first kappa shape index (κ1) is 44.4. The first-order valence-corrected chi connectivity index (χ1v) is 30.6. The molecule has 1 aromatic heterocycles. The molecule has 0 bridgehead atoms. The molecule has 0 fully saturated rings. The minimum absolute atomic E-state index is 0.678.